The lowest BCUT2D eigenvalue weighted by Gasteiger charge is -2.19. The Morgan fingerprint density at radius 3 is 1.55 bits per heavy atom. The van der Waals surface area contributed by atoms with E-state index in [2.05, 4.69) is 183 Å². The summed E-state index contributed by atoms with van der Waals surface area (Å²) in [6.07, 6.45) is 0. The van der Waals surface area contributed by atoms with Crippen LogP contribution in [0.2, 0.25) is 0 Å². The van der Waals surface area contributed by atoms with Gasteiger partial charge in [-0.2, -0.15) is 0 Å². The van der Waals surface area contributed by atoms with E-state index in [1.165, 1.54) is 125 Å². The highest BCUT2D eigenvalue weighted by Gasteiger charge is 2.27. The highest BCUT2D eigenvalue weighted by atomic mass is 14.3. The number of fused-ring (bicyclic) bond motifs is 9. The molecule has 0 amide bonds. The van der Waals surface area contributed by atoms with Crippen molar-refractivity contribution in [3.05, 3.63) is 181 Å². The first-order valence-corrected chi connectivity index (χ1v) is 18.6. The van der Waals surface area contributed by atoms with Crippen LogP contribution in [0, 0.1) is 6.92 Å². The van der Waals surface area contributed by atoms with Crippen molar-refractivity contribution in [2.75, 3.05) is 0 Å². The number of rotatable bonds is 3. The molecule has 244 valence electrons. The third-order valence-electron chi connectivity index (χ3n) is 12.0. The molecule has 0 atom stereocenters. The Bertz CT molecular complexity index is 3430. The third kappa shape index (κ3) is 3.80. The lowest BCUT2D eigenvalue weighted by Crippen LogP contribution is -1.91. The molecule has 0 aliphatic rings. The molecule has 53 heavy (non-hydrogen) atoms. The van der Waals surface area contributed by atoms with E-state index in [0.29, 0.717) is 0 Å². The molecule has 0 aliphatic carbocycles. The normalized spacial score (nSPS) is 12.2. The first-order chi connectivity index (χ1) is 26.3. The lowest BCUT2D eigenvalue weighted by molar-refractivity contribution is 1.50. The average molecular weight is 669 g/mol. The third-order valence-corrected chi connectivity index (χ3v) is 12.0. The van der Waals surface area contributed by atoms with Gasteiger partial charge in [-0.1, -0.05) is 170 Å². The Morgan fingerprint density at radius 1 is 0.264 bits per heavy atom. The molecule has 12 aromatic carbocycles. The second-order valence-corrected chi connectivity index (χ2v) is 14.7. The fraction of sp³-hybridized carbons (Fsp3) is 0.0189. The van der Waals surface area contributed by atoms with Crippen LogP contribution in [0.1, 0.15) is 5.56 Å². The van der Waals surface area contributed by atoms with E-state index in [1.54, 1.807) is 0 Å². The van der Waals surface area contributed by atoms with Gasteiger partial charge in [0, 0.05) is 0 Å². The summed E-state index contributed by atoms with van der Waals surface area (Å²) in [5.74, 6) is 0. The summed E-state index contributed by atoms with van der Waals surface area (Å²) in [7, 11) is 0. The highest BCUT2D eigenvalue weighted by molar-refractivity contribution is 6.45. The van der Waals surface area contributed by atoms with E-state index in [1.807, 2.05) is 0 Å². The van der Waals surface area contributed by atoms with Crippen LogP contribution >= 0.6 is 0 Å². The number of hydrogen-bond acceptors (Lipinski definition) is 0. The van der Waals surface area contributed by atoms with Crippen LogP contribution in [-0.2, 0) is 0 Å². The molecule has 0 spiro atoms. The van der Waals surface area contributed by atoms with Gasteiger partial charge in [0.25, 0.3) is 0 Å². The molecule has 0 radical (unpaired) electrons. The minimum Gasteiger partial charge on any atom is -0.0622 e. The Labute approximate surface area is 306 Å². The predicted molar refractivity (Wildman–Crippen MR) is 230 cm³/mol. The van der Waals surface area contributed by atoms with Gasteiger partial charge in [-0.3, -0.25) is 0 Å². The summed E-state index contributed by atoms with van der Waals surface area (Å²) < 4.78 is 0. The summed E-state index contributed by atoms with van der Waals surface area (Å²) >= 11 is 0. The van der Waals surface area contributed by atoms with E-state index in [-0.39, 0.29) is 0 Å². The van der Waals surface area contributed by atoms with Crippen molar-refractivity contribution in [3.63, 3.8) is 0 Å². The van der Waals surface area contributed by atoms with E-state index >= 15 is 0 Å². The van der Waals surface area contributed by atoms with Gasteiger partial charge < -0.3 is 0 Å². The number of benzene rings is 10. The van der Waals surface area contributed by atoms with Crippen molar-refractivity contribution >= 4 is 86.2 Å². The lowest BCUT2D eigenvalue weighted by atomic mass is 9.84. The van der Waals surface area contributed by atoms with E-state index < -0.39 is 0 Å². The van der Waals surface area contributed by atoms with Crippen molar-refractivity contribution in [1.82, 2.24) is 0 Å². The van der Waals surface area contributed by atoms with Crippen molar-refractivity contribution in [2.45, 2.75) is 6.92 Å². The molecule has 0 bridgehead atoms. The molecule has 0 aliphatic heterocycles. The fourth-order valence-corrected chi connectivity index (χ4v) is 9.97. The monoisotopic (exact) mass is 668 g/mol. The summed E-state index contributed by atoms with van der Waals surface area (Å²) in [6.45, 7) is 2.26. The zero-order valence-electron chi connectivity index (χ0n) is 29.2. The Kier molecular flexibility index (Phi) is 5.80. The largest absolute Gasteiger partial charge is 0.0622 e. The minimum absolute atomic E-state index is 1.25. The van der Waals surface area contributed by atoms with Crippen LogP contribution in [0.3, 0.4) is 0 Å². The van der Waals surface area contributed by atoms with Crippen LogP contribution in [0.5, 0.6) is 0 Å². The van der Waals surface area contributed by atoms with Gasteiger partial charge in [0.15, 0.2) is 0 Å². The zero-order chi connectivity index (χ0) is 34.8. The molecule has 0 unspecified atom stereocenters. The van der Waals surface area contributed by atoms with Crippen molar-refractivity contribution in [3.8, 4) is 33.4 Å². The summed E-state index contributed by atoms with van der Waals surface area (Å²) in [5.41, 5.74) is 9.05. The molecule has 0 fully saturated rings. The maximum absolute atomic E-state index is 2.52. The zero-order valence-corrected chi connectivity index (χ0v) is 29.2. The Hall–Kier alpha value is -6.76. The van der Waals surface area contributed by atoms with Gasteiger partial charge in [0.05, 0.1) is 0 Å². The van der Waals surface area contributed by atoms with E-state index in [4.69, 9.17) is 0 Å². The van der Waals surface area contributed by atoms with Crippen LogP contribution < -0.4 is 0 Å². The molecule has 0 nitrogen and oxygen atoms in total. The Morgan fingerprint density at radius 2 is 0.792 bits per heavy atom. The Balaban J connectivity index is 1.37. The van der Waals surface area contributed by atoms with Crippen molar-refractivity contribution in [1.29, 1.82) is 0 Å². The first kappa shape index (κ1) is 28.9. The molecule has 12 rings (SSSR count). The minimum atomic E-state index is 1.25. The SMILES string of the molecule is Cc1ccc2ccccc2c1-c1ccc2c3c(-c4ccccc4)c4c(cc5c6ccccc6c6cccc4c65)c(-c4ccccc4)c3c3cccc1c32. The van der Waals surface area contributed by atoms with Crippen LogP contribution in [-0.4, -0.2) is 0 Å². The molecular formula is C53H32. The van der Waals surface area contributed by atoms with Crippen molar-refractivity contribution < 1.29 is 0 Å². The van der Waals surface area contributed by atoms with Crippen molar-refractivity contribution in [2.24, 2.45) is 0 Å². The van der Waals surface area contributed by atoms with E-state index in [0.717, 1.165) is 0 Å². The highest BCUT2D eigenvalue weighted by Crippen LogP contribution is 2.55. The fourth-order valence-electron chi connectivity index (χ4n) is 9.97. The molecular weight excluding hydrogens is 637 g/mol. The smallest absolute Gasteiger partial charge is 0.000719 e. The summed E-state index contributed by atoms with van der Waals surface area (Å²) in [4.78, 5) is 0. The number of hydrogen-bond donors (Lipinski definition) is 0. The molecule has 0 heterocycles. The van der Waals surface area contributed by atoms with Crippen LogP contribution in [0.15, 0.2) is 176 Å². The predicted octanol–water partition coefficient (Wildman–Crippen LogP) is 15.1. The molecule has 12 aromatic rings. The average Bonchev–Trinajstić information content (AvgIpc) is 3.72. The van der Waals surface area contributed by atoms with Crippen LogP contribution in [0.4, 0.5) is 0 Å². The van der Waals surface area contributed by atoms with Gasteiger partial charge in [-0.15, -0.1) is 0 Å². The van der Waals surface area contributed by atoms with Gasteiger partial charge in [0.1, 0.15) is 0 Å². The second kappa shape index (κ2) is 10.6. The van der Waals surface area contributed by atoms with Gasteiger partial charge >= 0.3 is 0 Å². The first-order valence-electron chi connectivity index (χ1n) is 18.6. The maximum atomic E-state index is 2.52. The van der Waals surface area contributed by atoms with Gasteiger partial charge in [-0.05, 0) is 138 Å². The second-order valence-electron chi connectivity index (χ2n) is 14.7. The summed E-state index contributed by atoms with van der Waals surface area (Å²) in [5, 5.41) is 21.2. The van der Waals surface area contributed by atoms with Gasteiger partial charge in [0.2, 0.25) is 0 Å². The number of aryl methyl sites for hydroxylation is 1. The summed E-state index contributed by atoms with van der Waals surface area (Å²) in [6, 6.07) is 65.9. The maximum Gasteiger partial charge on any atom is -0.000719 e. The standard InChI is InChI=1S/C53H32/c1-31-26-27-32-14-8-9-19-35(32)46(31)40-28-29-43-49-39(40)23-13-25-42(49)52-47(33-15-4-2-5-16-33)45-30-44-37-21-11-10-20-36(37)38-22-12-24-41(50(38)44)51(45)48(53(43)52)34-17-6-3-7-18-34/h2-30H,1H3. The molecule has 0 heteroatoms. The molecule has 0 saturated heterocycles. The van der Waals surface area contributed by atoms with Crippen LogP contribution in [0.25, 0.3) is 120 Å². The van der Waals surface area contributed by atoms with E-state index in [9.17, 15) is 0 Å². The topological polar surface area (TPSA) is 0 Å². The molecule has 0 saturated carbocycles. The molecule has 0 N–H and O–H groups in total. The molecule has 0 aromatic heterocycles. The quantitative estimate of drug-likeness (QED) is 0.164. The van der Waals surface area contributed by atoms with Gasteiger partial charge in [-0.25, -0.2) is 0 Å².